The molecule has 0 amide bonds. The molecule has 0 aliphatic rings. The van der Waals surface area contributed by atoms with Gasteiger partial charge in [-0.1, -0.05) is 36.4 Å². The van der Waals surface area contributed by atoms with Crippen molar-refractivity contribution < 1.29 is 0 Å². The van der Waals surface area contributed by atoms with E-state index in [4.69, 9.17) is 0 Å². The fourth-order valence-corrected chi connectivity index (χ4v) is 2.46. The van der Waals surface area contributed by atoms with Gasteiger partial charge in [-0.15, -0.1) is 5.10 Å². The van der Waals surface area contributed by atoms with Gasteiger partial charge in [0.15, 0.2) is 0 Å². The number of fused-ring (bicyclic) bond motifs is 2. The van der Waals surface area contributed by atoms with E-state index in [1.54, 1.807) is 10.7 Å². The number of nitrogens with zero attached hydrogens (tertiary/aromatic N) is 4. The van der Waals surface area contributed by atoms with Crippen LogP contribution in [0.15, 0.2) is 54.7 Å². The molecule has 4 rings (SSSR count). The second-order valence-electron chi connectivity index (χ2n) is 4.76. The number of aryl methyl sites for hydroxylation is 1. The average molecular weight is 260 g/mol. The van der Waals surface area contributed by atoms with E-state index >= 15 is 0 Å². The molecule has 0 fully saturated rings. The van der Waals surface area contributed by atoms with Gasteiger partial charge < -0.3 is 0 Å². The lowest BCUT2D eigenvalue weighted by Gasteiger charge is -2.05. The van der Waals surface area contributed by atoms with Crippen LogP contribution in [-0.4, -0.2) is 19.6 Å². The molecule has 2 heterocycles. The molecule has 0 unspecified atom stereocenters. The predicted molar refractivity (Wildman–Crippen MR) is 78.5 cm³/mol. The molecule has 4 nitrogen and oxygen atoms in total. The highest BCUT2D eigenvalue weighted by molar-refractivity contribution is 5.86. The molecule has 2 aromatic carbocycles. The zero-order valence-electron chi connectivity index (χ0n) is 11.0. The minimum Gasteiger partial charge on any atom is -0.220 e. The minimum atomic E-state index is 0.633. The fourth-order valence-electron chi connectivity index (χ4n) is 2.46. The SMILES string of the molecule is Cc1nc2nccc(-c3ccc4ccccc4c3)n2n1. The van der Waals surface area contributed by atoms with E-state index in [1.165, 1.54) is 10.8 Å². The molecule has 0 radical (unpaired) electrons. The summed E-state index contributed by atoms with van der Waals surface area (Å²) in [5, 5.41) is 6.86. The summed E-state index contributed by atoms with van der Waals surface area (Å²) in [6.45, 7) is 1.87. The fraction of sp³-hybridized carbons (Fsp3) is 0.0625. The topological polar surface area (TPSA) is 43.1 Å². The van der Waals surface area contributed by atoms with Crippen LogP contribution in [0.2, 0.25) is 0 Å². The quantitative estimate of drug-likeness (QED) is 0.527. The summed E-state index contributed by atoms with van der Waals surface area (Å²) < 4.78 is 1.79. The Morgan fingerprint density at radius 1 is 0.950 bits per heavy atom. The van der Waals surface area contributed by atoms with Crippen molar-refractivity contribution in [3.63, 3.8) is 0 Å². The third-order valence-electron chi connectivity index (χ3n) is 3.39. The van der Waals surface area contributed by atoms with E-state index < -0.39 is 0 Å². The maximum Gasteiger partial charge on any atom is 0.252 e. The second kappa shape index (κ2) is 4.13. The molecule has 0 saturated heterocycles. The first-order valence-corrected chi connectivity index (χ1v) is 6.49. The normalized spacial score (nSPS) is 11.2. The number of rotatable bonds is 1. The third kappa shape index (κ3) is 1.66. The summed E-state index contributed by atoms with van der Waals surface area (Å²) in [6, 6.07) is 16.7. The lowest BCUT2D eigenvalue weighted by atomic mass is 10.1. The molecule has 0 atom stereocenters. The van der Waals surface area contributed by atoms with Crippen molar-refractivity contribution >= 4 is 16.6 Å². The summed E-state index contributed by atoms with van der Waals surface area (Å²) in [7, 11) is 0. The van der Waals surface area contributed by atoms with Crippen LogP contribution in [0.1, 0.15) is 5.82 Å². The maximum atomic E-state index is 4.41. The molecule has 2 aromatic heterocycles. The van der Waals surface area contributed by atoms with Gasteiger partial charge in [-0.2, -0.15) is 9.50 Å². The second-order valence-corrected chi connectivity index (χ2v) is 4.76. The minimum absolute atomic E-state index is 0.633. The monoisotopic (exact) mass is 260 g/mol. The highest BCUT2D eigenvalue weighted by Crippen LogP contribution is 2.24. The Morgan fingerprint density at radius 3 is 2.70 bits per heavy atom. The van der Waals surface area contributed by atoms with Gasteiger partial charge in [0.1, 0.15) is 5.82 Å². The van der Waals surface area contributed by atoms with Gasteiger partial charge in [-0.25, -0.2) is 4.98 Å². The first kappa shape index (κ1) is 11.1. The van der Waals surface area contributed by atoms with Crippen molar-refractivity contribution in [3.8, 4) is 11.3 Å². The van der Waals surface area contributed by atoms with Gasteiger partial charge >= 0.3 is 0 Å². The zero-order chi connectivity index (χ0) is 13.5. The van der Waals surface area contributed by atoms with Crippen LogP contribution in [0.3, 0.4) is 0 Å². The Labute approximate surface area is 115 Å². The van der Waals surface area contributed by atoms with Crippen LogP contribution < -0.4 is 0 Å². The van der Waals surface area contributed by atoms with Crippen LogP contribution in [-0.2, 0) is 0 Å². The van der Waals surface area contributed by atoms with Gasteiger partial charge in [-0.3, -0.25) is 0 Å². The van der Waals surface area contributed by atoms with Crippen LogP contribution in [0.4, 0.5) is 0 Å². The lowest BCUT2D eigenvalue weighted by Crippen LogP contribution is -1.95. The highest BCUT2D eigenvalue weighted by atomic mass is 15.3. The van der Waals surface area contributed by atoms with E-state index in [0.29, 0.717) is 5.78 Å². The van der Waals surface area contributed by atoms with Crippen molar-refractivity contribution in [2.45, 2.75) is 6.92 Å². The summed E-state index contributed by atoms with van der Waals surface area (Å²) in [4.78, 5) is 8.54. The molecule has 0 bridgehead atoms. The Kier molecular flexibility index (Phi) is 2.29. The smallest absolute Gasteiger partial charge is 0.220 e. The number of aromatic nitrogens is 4. The largest absolute Gasteiger partial charge is 0.252 e. The van der Waals surface area contributed by atoms with Crippen LogP contribution in [0, 0.1) is 6.92 Å². The Bertz CT molecular complexity index is 924. The van der Waals surface area contributed by atoms with Crippen molar-refractivity contribution in [2.24, 2.45) is 0 Å². The average Bonchev–Trinajstić information content (AvgIpc) is 2.86. The van der Waals surface area contributed by atoms with Crippen molar-refractivity contribution in [1.29, 1.82) is 0 Å². The van der Waals surface area contributed by atoms with Crippen LogP contribution >= 0.6 is 0 Å². The van der Waals surface area contributed by atoms with Gasteiger partial charge in [0.2, 0.25) is 0 Å². The first-order valence-electron chi connectivity index (χ1n) is 6.49. The molecule has 0 saturated carbocycles. The van der Waals surface area contributed by atoms with Gasteiger partial charge in [-0.05, 0) is 29.8 Å². The summed E-state index contributed by atoms with van der Waals surface area (Å²) in [5.74, 6) is 1.36. The summed E-state index contributed by atoms with van der Waals surface area (Å²) in [5.41, 5.74) is 2.11. The summed E-state index contributed by atoms with van der Waals surface area (Å²) >= 11 is 0. The van der Waals surface area contributed by atoms with E-state index in [1.807, 2.05) is 25.1 Å². The van der Waals surface area contributed by atoms with E-state index in [0.717, 1.165) is 17.1 Å². The van der Waals surface area contributed by atoms with Gasteiger partial charge in [0, 0.05) is 11.8 Å². The lowest BCUT2D eigenvalue weighted by molar-refractivity contribution is 0.924. The Balaban J connectivity index is 2.00. The Hall–Kier alpha value is -2.75. The van der Waals surface area contributed by atoms with Crippen molar-refractivity contribution in [1.82, 2.24) is 19.6 Å². The summed E-state index contributed by atoms with van der Waals surface area (Å²) in [6.07, 6.45) is 1.77. The molecule has 96 valence electrons. The first-order chi connectivity index (χ1) is 9.81. The molecular weight excluding hydrogens is 248 g/mol. The number of hydrogen-bond acceptors (Lipinski definition) is 3. The molecule has 4 aromatic rings. The molecule has 4 heteroatoms. The molecule has 20 heavy (non-hydrogen) atoms. The third-order valence-corrected chi connectivity index (χ3v) is 3.39. The van der Waals surface area contributed by atoms with E-state index in [9.17, 15) is 0 Å². The standard InChI is InChI=1S/C16H12N4/c1-11-18-16-17-9-8-15(20(16)19-11)14-7-6-12-4-2-3-5-13(12)10-14/h2-10H,1H3. The maximum absolute atomic E-state index is 4.41. The van der Waals surface area contributed by atoms with E-state index in [-0.39, 0.29) is 0 Å². The predicted octanol–water partition coefficient (Wildman–Crippen LogP) is 3.25. The van der Waals surface area contributed by atoms with Crippen molar-refractivity contribution in [3.05, 3.63) is 60.6 Å². The molecule has 0 spiro atoms. The molecule has 0 aliphatic carbocycles. The van der Waals surface area contributed by atoms with Crippen LogP contribution in [0.25, 0.3) is 27.8 Å². The molecule has 0 N–H and O–H groups in total. The number of benzene rings is 2. The Morgan fingerprint density at radius 2 is 1.80 bits per heavy atom. The van der Waals surface area contributed by atoms with Gasteiger partial charge in [0.25, 0.3) is 5.78 Å². The zero-order valence-corrected chi connectivity index (χ0v) is 11.0. The van der Waals surface area contributed by atoms with E-state index in [2.05, 4.69) is 45.4 Å². The highest BCUT2D eigenvalue weighted by Gasteiger charge is 2.08. The molecule has 0 aliphatic heterocycles. The van der Waals surface area contributed by atoms with Crippen molar-refractivity contribution in [2.75, 3.05) is 0 Å². The van der Waals surface area contributed by atoms with Crippen LogP contribution in [0.5, 0.6) is 0 Å². The number of hydrogen-bond donors (Lipinski definition) is 0. The van der Waals surface area contributed by atoms with Gasteiger partial charge in [0.05, 0.1) is 5.69 Å². The molecular formula is C16H12N4.